The van der Waals surface area contributed by atoms with E-state index < -0.39 is 0 Å². The number of hydrogen-bond donors (Lipinski definition) is 1. The van der Waals surface area contributed by atoms with Crippen LogP contribution in [0.3, 0.4) is 0 Å². The van der Waals surface area contributed by atoms with Gasteiger partial charge in [-0.05, 0) is 18.8 Å². The molecular formula is C16H35N. The zero-order chi connectivity index (χ0) is 12.9. The van der Waals surface area contributed by atoms with E-state index in [1.165, 1.54) is 70.6 Å². The van der Waals surface area contributed by atoms with Gasteiger partial charge in [0.05, 0.1) is 0 Å². The topological polar surface area (TPSA) is 26.0 Å². The first-order valence-electron chi connectivity index (χ1n) is 7.97. The van der Waals surface area contributed by atoms with Crippen LogP contribution in [0.15, 0.2) is 0 Å². The highest BCUT2D eigenvalue weighted by molar-refractivity contribution is 4.69. The molecular weight excluding hydrogens is 206 g/mol. The number of hydrogen-bond acceptors (Lipinski definition) is 1. The summed E-state index contributed by atoms with van der Waals surface area (Å²) in [7, 11) is 0. The SMILES string of the molecule is CCCCCCCC(N)C(C)CCCCCC. The van der Waals surface area contributed by atoms with Gasteiger partial charge in [-0.2, -0.15) is 0 Å². The van der Waals surface area contributed by atoms with Gasteiger partial charge in [-0.15, -0.1) is 0 Å². The van der Waals surface area contributed by atoms with Crippen LogP contribution < -0.4 is 5.73 Å². The smallest absolute Gasteiger partial charge is 0.00645 e. The Morgan fingerprint density at radius 3 is 1.76 bits per heavy atom. The summed E-state index contributed by atoms with van der Waals surface area (Å²) in [5, 5.41) is 0. The van der Waals surface area contributed by atoms with Gasteiger partial charge in [0.2, 0.25) is 0 Å². The highest BCUT2D eigenvalue weighted by atomic mass is 14.6. The second-order valence-corrected chi connectivity index (χ2v) is 5.69. The molecule has 17 heavy (non-hydrogen) atoms. The molecule has 0 aromatic heterocycles. The summed E-state index contributed by atoms with van der Waals surface area (Å²) < 4.78 is 0. The van der Waals surface area contributed by atoms with Gasteiger partial charge >= 0.3 is 0 Å². The van der Waals surface area contributed by atoms with Crippen molar-refractivity contribution in [3.05, 3.63) is 0 Å². The highest BCUT2D eigenvalue weighted by Crippen LogP contribution is 2.17. The maximum Gasteiger partial charge on any atom is 0.00645 e. The fourth-order valence-corrected chi connectivity index (χ4v) is 2.38. The minimum absolute atomic E-state index is 0.443. The Balaban J connectivity index is 3.36. The molecule has 0 spiro atoms. The standard InChI is InChI=1S/C16H35N/c1-4-6-8-10-12-14-16(17)15(3)13-11-9-7-5-2/h15-16H,4-14,17H2,1-3H3. The molecule has 0 fully saturated rings. The van der Waals surface area contributed by atoms with Crippen molar-refractivity contribution in [3.8, 4) is 0 Å². The molecule has 1 heteroatoms. The van der Waals surface area contributed by atoms with Crippen LogP contribution in [0.1, 0.15) is 91.4 Å². The molecule has 0 aliphatic carbocycles. The van der Waals surface area contributed by atoms with E-state index in [0.717, 1.165) is 5.92 Å². The molecule has 0 bridgehead atoms. The number of rotatable bonds is 12. The van der Waals surface area contributed by atoms with Crippen molar-refractivity contribution in [1.82, 2.24) is 0 Å². The van der Waals surface area contributed by atoms with Crippen LogP contribution in [-0.4, -0.2) is 6.04 Å². The van der Waals surface area contributed by atoms with Crippen molar-refractivity contribution in [2.75, 3.05) is 0 Å². The summed E-state index contributed by atoms with van der Waals surface area (Å²) in [6, 6.07) is 0.443. The summed E-state index contributed by atoms with van der Waals surface area (Å²) in [6.45, 7) is 6.87. The van der Waals surface area contributed by atoms with E-state index in [0.29, 0.717) is 6.04 Å². The van der Waals surface area contributed by atoms with Gasteiger partial charge in [-0.3, -0.25) is 0 Å². The first kappa shape index (κ1) is 17.0. The molecule has 0 aromatic rings. The van der Waals surface area contributed by atoms with E-state index in [1.807, 2.05) is 0 Å². The van der Waals surface area contributed by atoms with Crippen molar-refractivity contribution in [3.63, 3.8) is 0 Å². The van der Waals surface area contributed by atoms with Crippen LogP contribution in [0.25, 0.3) is 0 Å². The molecule has 0 saturated heterocycles. The van der Waals surface area contributed by atoms with Crippen LogP contribution in [0.2, 0.25) is 0 Å². The molecule has 0 saturated carbocycles. The first-order valence-corrected chi connectivity index (χ1v) is 7.97. The van der Waals surface area contributed by atoms with Crippen molar-refractivity contribution in [2.24, 2.45) is 11.7 Å². The van der Waals surface area contributed by atoms with Gasteiger partial charge in [0.15, 0.2) is 0 Å². The molecule has 2 N–H and O–H groups in total. The summed E-state index contributed by atoms with van der Waals surface area (Å²) in [6.07, 6.45) is 14.9. The lowest BCUT2D eigenvalue weighted by Crippen LogP contribution is -2.28. The molecule has 0 heterocycles. The molecule has 2 unspecified atom stereocenters. The highest BCUT2D eigenvalue weighted by Gasteiger charge is 2.11. The Morgan fingerprint density at radius 2 is 1.18 bits per heavy atom. The average molecular weight is 241 g/mol. The first-order chi connectivity index (χ1) is 8.22. The summed E-state index contributed by atoms with van der Waals surface area (Å²) in [4.78, 5) is 0. The lowest BCUT2D eigenvalue weighted by molar-refractivity contribution is 0.378. The molecule has 0 amide bonds. The van der Waals surface area contributed by atoms with Crippen LogP contribution in [0.5, 0.6) is 0 Å². The average Bonchev–Trinajstić information content (AvgIpc) is 2.34. The normalized spacial score (nSPS) is 14.8. The minimum atomic E-state index is 0.443. The lowest BCUT2D eigenvalue weighted by atomic mass is 9.92. The largest absolute Gasteiger partial charge is 0.327 e. The van der Waals surface area contributed by atoms with Crippen LogP contribution in [-0.2, 0) is 0 Å². The Morgan fingerprint density at radius 1 is 0.706 bits per heavy atom. The van der Waals surface area contributed by atoms with Gasteiger partial charge in [0.25, 0.3) is 0 Å². The number of unbranched alkanes of at least 4 members (excludes halogenated alkanes) is 7. The Labute approximate surface area is 110 Å². The molecule has 0 aromatic carbocycles. The van der Waals surface area contributed by atoms with E-state index >= 15 is 0 Å². The predicted octanol–water partition coefficient (Wildman–Crippen LogP) is 5.28. The summed E-state index contributed by atoms with van der Waals surface area (Å²) in [5.74, 6) is 0.720. The van der Waals surface area contributed by atoms with E-state index in [-0.39, 0.29) is 0 Å². The van der Waals surface area contributed by atoms with E-state index in [4.69, 9.17) is 5.73 Å². The van der Waals surface area contributed by atoms with Crippen molar-refractivity contribution in [1.29, 1.82) is 0 Å². The van der Waals surface area contributed by atoms with Gasteiger partial charge in [0, 0.05) is 6.04 Å². The molecule has 0 aliphatic heterocycles. The van der Waals surface area contributed by atoms with E-state index in [9.17, 15) is 0 Å². The molecule has 2 atom stereocenters. The second kappa shape index (κ2) is 12.4. The fraction of sp³-hybridized carbons (Fsp3) is 1.00. The lowest BCUT2D eigenvalue weighted by Gasteiger charge is -2.19. The third kappa shape index (κ3) is 10.8. The molecule has 0 rings (SSSR count). The monoisotopic (exact) mass is 241 g/mol. The summed E-state index contributed by atoms with van der Waals surface area (Å²) in [5.41, 5.74) is 6.25. The molecule has 1 nitrogen and oxygen atoms in total. The zero-order valence-electron chi connectivity index (χ0n) is 12.5. The van der Waals surface area contributed by atoms with Gasteiger partial charge in [-0.1, -0.05) is 78.6 Å². The van der Waals surface area contributed by atoms with Crippen molar-refractivity contribution < 1.29 is 0 Å². The minimum Gasteiger partial charge on any atom is -0.327 e. The maximum atomic E-state index is 6.25. The Kier molecular flexibility index (Phi) is 12.4. The van der Waals surface area contributed by atoms with Gasteiger partial charge < -0.3 is 5.73 Å². The second-order valence-electron chi connectivity index (χ2n) is 5.69. The Bertz CT molecular complexity index is 144. The zero-order valence-corrected chi connectivity index (χ0v) is 12.5. The predicted molar refractivity (Wildman–Crippen MR) is 79.3 cm³/mol. The number of nitrogens with two attached hydrogens (primary N) is 1. The third-order valence-electron chi connectivity index (χ3n) is 3.88. The maximum absolute atomic E-state index is 6.25. The quantitative estimate of drug-likeness (QED) is 0.462. The van der Waals surface area contributed by atoms with Crippen LogP contribution >= 0.6 is 0 Å². The van der Waals surface area contributed by atoms with Crippen molar-refractivity contribution in [2.45, 2.75) is 97.4 Å². The fourth-order valence-electron chi connectivity index (χ4n) is 2.38. The van der Waals surface area contributed by atoms with E-state index in [1.54, 1.807) is 0 Å². The van der Waals surface area contributed by atoms with Crippen LogP contribution in [0.4, 0.5) is 0 Å². The van der Waals surface area contributed by atoms with Gasteiger partial charge in [-0.25, -0.2) is 0 Å². The summed E-state index contributed by atoms with van der Waals surface area (Å²) >= 11 is 0. The molecule has 0 radical (unpaired) electrons. The van der Waals surface area contributed by atoms with E-state index in [2.05, 4.69) is 20.8 Å². The van der Waals surface area contributed by atoms with Crippen LogP contribution in [0, 0.1) is 5.92 Å². The van der Waals surface area contributed by atoms with Gasteiger partial charge in [0.1, 0.15) is 0 Å². The third-order valence-corrected chi connectivity index (χ3v) is 3.88. The molecule has 104 valence electrons. The van der Waals surface area contributed by atoms with Crippen molar-refractivity contribution >= 4 is 0 Å². The Hall–Kier alpha value is -0.0400. The molecule has 0 aliphatic rings.